The maximum atomic E-state index is 13.7. The molecule has 0 heterocycles. The van der Waals surface area contributed by atoms with Gasteiger partial charge in [0.1, 0.15) is 12.4 Å². The van der Waals surface area contributed by atoms with Gasteiger partial charge >= 0.3 is 12.2 Å². The molecule has 3 amide bonds. The van der Waals surface area contributed by atoms with Crippen LogP contribution in [0.25, 0.3) is 0 Å². The standard InChI is InChI=1S/C20H21F4N3O2/c1-2-13-6-8-14(9-7-13)18(15-4-3-5-16(21)10-15)25-11-17(28)27-19(29)26-12-20(22,23)24/h3-10,18,25H,2,11-12H2,1H3,(H2,26,27,28,29)/t18-/m0/s1. The van der Waals surface area contributed by atoms with Crippen LogP contribution in [0.5, 0.6) is 0 Å². The molecule has 0 saturated carbocycles. The van der Waals surface area contributed by atoms with Crippen molar-refractivity contribution in [3.8, 4) is 0 Å². The van der Waals surface area contributed by atoms with Gasteiger partial charge in [-0.15, -0.1) is 0 Å². The summed E-state index contributed by atoms with van der Waals surface area (Å²) in [5.41, 5.74) is 2.43. The zero-order valence-corrected chi connectivity index (χ0v) is 15.6. The molecule has 9 heteroatoms. The molecule has 0 spiro atoms. The number of alkyl halides is 3. The summed E-state index contributed by atoms with van der Waals surface area (Å²) in [4.78, 5) is 23.3. The number of imide groups is 1. The quantitative estimate of drug-likeness (QED) is 0.612. The van der Waals surface area contributed by atoms with E-state index in [1.807, 2.05) is 36.5 Å². The van der Waals surface area contributed by atoms with Crippen molar-refractivity contribution in [2.75, 3.05) is 13.1 Å². The maximum absolute atomic E-state index is 13.7. The monoisotopic (exact) mass is 411 g/mol. The minimum atomic E-state index is -4.58. The third-order valence-corrected chi connectivity index (χ3v) is 4.07. The summed E-state index contributed by atoms with van der Waals surface area (Å²) in [5.74, 6) is -1.27. The van der Waals surface area contributed by atoms with E-state index in [1.165, 1.54) is 18.2 Å². The van der Waals surface area contributed by atoms with Gasteiger partial charge in [0.15, 0.2) is 0 Å². The first-order valence-electron chi connectivity index (χ1n) is 8.90. The van der Waals surface area contributed by atoms with Crippen LogP contribution >= 0.6 is 0 Å². The summed E-state index contributed by atoms with van der Waals surface area (Å²) in [6.07, 6.45) is -3.74. The van der Waals surface area contributed by atoms with Gasteiger partial charge in [-0.05, 0) is 35.2 Å². The number of hydrogen-bond donors (Lipinski definition) is 3. The molecule has 0 unspecified atom stereocenters. The van der Waals surface area contributed by atoms with Crippen LogP contribution in [-0.4, -0.2) is 31.2 Å². The second-order valence-corrected chi connectivity index (χ2v) is 6.31. The number of carbonyl (C=O) groups is 2. The van der Waals surface area contributed by atoms with E-state index in [4.69, 9.17) is 0 Å². The van der Waals surface area contributed by atoms with Crippen LogP contribution in [0.4, 0.5) is 22.4 Å². The van der Waals surface area contributed by atoms with E-state index in [9.17, 15) is 27.2 Å². The Morgan fingerprint density at radius 1 is 1.03 bits per heavy atom. The molecule has 0 aromatic heterocycles. The van der Waals surface area contributed by atoms with Gasteiger partial charge in [0.05, 0.1) is 12.6 Å². The molecule has 29 heavy (non-hydrogen) atoms. The lowest BCUT2D eigenvalue weighted by Crippen LogP contribution is -2.46. The van der Waals surface area contributed by atoms with Crippen LogP contribution < -0.4 is 16.0 Å². The molecule has 1 atom stereocenters. The molecular formula is C20H21F4N3O2. The van der Waals surface area contributed by atoms with Crippen LogP contribution in [-0.2, 0) is 11.2 Å². The highest BCUT2D eigenvalue weighted by molar-refractivity contribution is 5.95. The van der Waals surface area contributed by atoms with Crippen molar-refractivity contribution in [2.45, 2.75) is 25.6 Å². The fourth-order valence-electron chi connectivity index (χ4n) is 2.65. The number of nitrogens with one attached hydrogen (secondary N) is 3. The van der Waals surface area contributed by atoms with Gasteiger partial charge in [0.25, 0.3) is 0 Å². The Balaban J connectivity index is 2.06. The molecule has 5 nitrogen and oxygen atoms in total. The average Bonchev–Trinajstić information content (AvgIpc) is 2.66. The normalized spacial score (nSPS) is 12.3. The van der Waals surface area contributed by atoms with E-state index >= 15 is 0 Å². The van der Waals surface area contributed by atoms with Gasteiger partial charge in [-0.25, -0.2) is 9.18 Å². The van der Waals surface area contributed by atoms with Gasteiger partial charge in [-0.2, -0.15) is 13.2 Å². The Morgan fingerprint density at radius 2 is 1.72 bits per heavy atom. The van der Waals surface area contributed by atoms with Gasteiger partial charge < -0.3 is 5.32 Å². The van der Waals surface area contributed by atoms with Crippen LogP contribution in [0, 0.1) is 5.82 Å². The zero-order valence-electron chi connectivity index (χ0n) is 15.6. The largest absolute Gasteiger partial charge is 0.405 e. The predicted molar refractivity (Wildman–Crippen MR) is 99.7 cm³/mol. The lowest BCUT2D eigenvalue weighted by molar-refractivity contribution is -0.124. The number of amides is 3. The van der Waals surface area contributed by atoms with Gasteiger partial charge in [0.2, 0.25) is 5.91 Å². The molecule has 0 fully saturated rings. The fraction of sp³-hybridized carbons (Fsp3) is 0.300. The van der Waals surface area contributed by atoms with E-state index in [2.05, 4.69) is 5.32 Å². The van der Waals surface area contributed by atoms with E-state index in [0.717, 1.165) is 17.5 Å². The molecule has 0 aliphatic rings. The van der Waals surface area contributed by atoms with Crippen LogP contribution in [0.15, 0.2) is 48.5 Å². The molecule has 0 bridgehead atoms. The SMILES string of the molecule is CCc1ccc([C@H](NCC(=O)NC(=O)NCC(F)(F)F)c2cccc(F)c2)cc1. The minimum Gasteiger partial charge on any atom is -0.329 e. The Bertz CT molecular complexity index is 838. The number of carbonyl (C=O) groups excluding carboxylic acids is 2. The predicted octanol–water partition coefficient (Wildman–Crippen LogP) is 3.46. The summed E-state index contributed by atoms with van der Waals surface area (Å²) in [6.45, 7) is 0.0941. The first-order valence-corrected chi connectivity index (χ1v) is 8.90. The van der Waals surface area contributed by atoms with Crippen molar-refractivity contribution < 1.29 is 27.2 Å². The van der Waals surface area contributed by atoms with Gasteiger partial charge in [-0.1, -0.05) is 43.3 Å². The minimum absolute atomic E-state index is 0.365. The molecule has 0 aliphatic heterocycles. The highest BCUT2D eigenvalue weighted by Crippen LogP contribution is 2.23. The number of rotatable bonds is 7. The highest BCUT2D eigenvalue weighted by Gasteiger charge is 2.28. The van der Waals surface area contributed by atoms with Gasteiger partial charge in [-0.3, -0.25) is 15.4 Å². The van der Waals surface area contributed by atoms with Crippen LogP contribution in [0.3, 0.4) is 0 Å². The summed E-state index contributed by atoms with van der Waals surface area (Å²) < 4.78 is 50.0. The van der Waals surface area contributed by atoms with Crippen molar-refractivity contribution in [3.63, 3.8) is 0 Å². The Morgan fingerprint density at radius 3 is 2.31 bits per heavy atom. The van der Waals surface area contributed by atoms with Gasteiger partial charge in [0, 0.05) is 0 Å². The average molecular weight is 411 g/mol. The zero-order chi connectivity index (χ0) is 21.4. The number of halogens is 4. The molecular weight excluding hydrogens is 390 g/mol. The van der Waals surface area contributed by atoms with Crippen molar-refractivity contribution in [1.82, 2.24) is 16.0 Å². The highest BCUT2D eigenvalue weighted by atomic mass is 19.4. The van der Waals surface area contributed by atoms with Crippen LogP contribution in [0.1, 0.15) is 29.7 Å². The van der Waals surface area contributed by atoms with Crippen LogP contribution in [0.2, 0.25) is 0 Å². The molecule has 156 valence electrons. The Hall–Kier alpha value is -2.94. The van der Waals surface area contributed by atoms with E-state index in [0.29, 0.717) is 5.56 Å². The first-order chi connectivity index (χ1) is 13.7. The molecule has 2 aromatic carbocycles. The number of urea groups is 1. The Kier molecular flexibility index (Phi) is 7.72. The maximum Gasteiger partial charge on any atom is 0.405 e. The molecule has 0 radical (unpaired) electrons. The summed E-state index contributed by atoms with van der Waals surface area (Å²) in [6, 6.07) is 11.5. The lowest BCUT2D eigenvalue weighted by Gasteiger charge is -2.20. The second-order valence-electron chi connectivity index (χ2n) is 6.31. The molecule has 2 aromatic rings. The lowest BCUT2D eigenvalue weighted by atomic mass is 9.97. The van der Waals surface area contributed by atoms with E-state index < -0.39 is 36.5 Å². The third kappa shape index (κ3) is 7.53. The van der Waals surface area contributed by atoms with Crippen molar-refractivity contribution in [1.29, 1.82) is 0 Å². The van der Waals surface area contributed by atoms with E-state index in [1.54, 1.807) is 11.4 Å². The second kappa shape index (κ2) is 10.0. The topological polar surface area (TPSA) is 70.2 Å². The molecule has 3 N–H and O–H groups in total. The summed E-state index contributed by atoms with van der Waals surface area (Å²) in [5, 5.41) is 6.28. The fourth-order valence-corrected chi connectivity index (χ4v) is 2.65. The molecule has 2 rings (SSSR count). The molecule has 0 aliphatic carbocycles. The first kappa shape index (κ1) is 22.4. The number of aryl methyl sites for hydroxylation is 1. The molecule has 0 saturated heterocycles. The smallest absolute Gasteiger partial charge is 0.329 e. The Labute approximate surface area is 165 Å². The number of hydrogen-bond acceptors (Lipinski definition) is 3. The number of benzene rings is 2. The summed E-state index contributed by atoms with van der Waals surface area (Å²) in [7, 11) is 0. The van der Waals surface area contributed by atoms with E-state index in [-0.39, 0.29) is 6.54 Å². The van der Waals surface area contributed by atoms with Crippen molar-refractivity contribution in [2.24, 2.45) is 0 Å². The third-order valence-electron chi connectivity index (χ3n) is 4.07. The van der Waals surface area contributed by atoms with Crippen molar-refractivity contribution >= 4 is 11.9 Å². The summed E-state index contributed by atoms with van der Waals surface area (Å²) >= 11 is 0. The van der Waals surface area contributed by atoms with Crippen molar-refractivity contribution in [3.05, 3.63) is 71.0 Å².